The predicted octanol–water partition coefficient (Wildman–Crippen LogP) is 4.33. The van der Waals surface area contributed by atoms with Crippen molar-refractivity contribution in [2.24, 2.45) is 0 Å². The molecule has 0 fully saturated rings. The Bertz CT molecular complexity index is 1650. The van der Waals surface area contributed by atoms with Gasteiger partial charge < -0.3 is 5.32 Å². The third kappa shape index (κ3) is 4.65. The zero-order valence-electron chi connectivity index (χ0n) is 19.8. The molecule has 0 aliphatic heterocycles. The van der Waals surface area contributed by atoms with Crippen molar-refractivity contribution in [1.29, 1.82) is 0 Å². The van der Waals surface area contributed by atoms with Crippen LogP contribution in [0.1, 0.15) is 28.4 Å². The number of nitrogens with one attached hydrogen (secondary N) is 1. The number of para-hydroxylation sites is 1. The van der Waals surface area contributed by atoms with Crippen molar-refractivity contribution in [2.45, 2.75) is 25.5 Å². The lowest BCUT2D eigenvalue weighted by molar-refractivity contribution is -0.113. The van der Waals surface area contributed by atoms with Gasteiger partial charge in [0.25, 0.3) is 5.56 Å². The largest absolute Gasteiger partial charge is 0.325 e. The molecule has 0 saturated heterocycles. The van der Waals surface area contributed by atoms with Gasteiger partial charge in [0.15, 0.2) is 10.9 Å². The second-order valence-corrected chi connectivity index (χ2v) is 9.42. The molecule has 0 bridgehead atoms. The lowest BCUT2D eigenvalue weighted by atomic mass is 10.1. The molecule has 3 aromatic carbocycles. The van der Waals surface area contributed by atoms with Gasteiger partial charge in [-0.05, 0) is 55.8 Å². The van der Waals surface area contributed by atoms with E-state index < -0.39 is 0 Å². The number of aryl methyl sites for hydroxylation is 1. The van der Waals surface area contributed by atoms with Gasteiger partial charge in [0.2, 0.25) is 11.7 Å². The highest BCUT2D eigenvalue weighted by Crippen LogP contribution is 2.22. The number of anilines is 1. The van der Waals surface area contributed by atoms with Gasteiger partial charge in [0, 0.05) is 11.3 Å². The summed E-state index contributed by atoms with van der Waals surface area (Å²) in [4.78, 5) is 37.4. The highest BCUT2D eigenvalue weighted by Gasteiger charge is 2.18. The van der Waals surface area contributed by atoms with Crippen molar-refractivity contribution in [3.63, 3.8) is 0 Å². The van der Waals surface area contributed by atoms with Gasteiger partial charge >= 0.3 is 0 Å². The van der Waals surface area contributed by atoms with Crippen LogP contribution in [0.5, 0.6) is 0 Å². The van der Waals surface area contributed by atoms with Crippen LogP contribution in [0.2, 0.25) is 0 Å². The lowest BCUT2D eigenvalue weighted by Crippen LogP contribution is -2.24. The molecule has 0 saturated carbocycles. The molecule has 5 aromatic rings. The number of hydrogen-bond acceptors (Lipinski definition) is 6. The average molecular weight is 498 g/mol. The van der Waals surface area contributed by atoms with Gasteiger partial charge in [-0.1, -0.05) is 53.7 Å². The standard InChI is InChI=1S/C27H23N5O3S/c1-17-7-9-19(10-8-17)15-31-25(35)22-5-3-4-6-23(22)32-26(31)29-30-27(32)36-16-24(34)28-21-13-11-20(12-14-21)18(2)33/h3-14H,15-16H2,1-2H3,(H,28,34). The van der Waals surface area contributed by atoms with E-state index in [9.17, 15) is 14.4 Å². The molecule has 9 heteroatoms. The van der Waals surface area contributed by atoms with Gasteiger partial charge in [0.05, 0.1) is 23.2 Å². The monoisotopic (exact) mass is 497 g/mol. The Morgan fingerprint density at radius 2 is 1.67 bits per heavy atom. The molecule has 0 unspecified atom stereocenters. The third-order valence-electron chi connectivity index (χ3n) is 5.85. The van der Waals surface area contributed by atoms with E-state index in [-0.39, 0.29) is 23.0 Å². The quantitative estimate of drug-likeness (QED) is 0.265. The van der Waals surface area contributed by atoms with Crippen LogP contribution in [0.15, 0.2) is 82.7 Å². The molecule has 5 rings (SSSR count). The summed E-state index contributed by atoms with van der Waals surface area (Å²) >= 11 is 1.24. The number of aromatic nitrogens is 4. The Hall–Kier alpha value is -4.24. The van der Waals surface area contributed by atoms with E-state index in [0.29, 0.717) is 39.6 Å². The van der Waals surface area contributed by atoms with E-state index in [0.717, 1.165) is 11.1 Å². The van der Waals surface area contributed by atoms with Crippen LogP contribution in [-0.2, 0) is 11.3 Å². The number of carbonyl (C=O) groups excluding carboxylic acids is 2. The van der Waals surface area contributed by atoms with E-state index >= 15 is 0 Å². The normalized spacial score (nSPS) is 11.2. The smallest absolute Gasteiger partial charge is 0.263 e. The minimum Gasteiger partial charge on any atom is -0.325 e. The number of amides is 1. The number of nitrogens with zero attached hydrogens (tertiary/aromatic N) is 4. The van der Waals surface area contributed by atoms with Gasteiger partial charge in [-0.15, -0.1) is 10.2 Å². The molecule has 8 nitrogen and oxygen atoms in total. The van der Waals surface area contributed by atoms with Gasteiger partial charge in [-0.3, -0.25) is 23.4 Å². The topological polar surface area (TPSA) is 98.4 Å². The van der Waals surface area contributed by atoms with E-state index in [4.69, 9.17) is 0 Å². The highest BCUT2D eigenvalue weighted by atomic mass is 32.2. The van der Waals surface area contributed by atoms with E-state index in [2.05, 4.69) is 15.5 Å². The second-order valence-electron chi connectivity index (χ2n) is 8.48. The zero-order chi connectivity index (χ0) is 25.2. The maximum Gasteiger partial charge on any atom is 0.263 e. The van der Waals surface area contributed by atoms with Crippen LogP contribution in [-0.4, -0.2) is 36.6 Å². The van der Waals surface area contributed by atoms with Crippen molar-refractivity contribution >= 4 is 45.8 Å². The van der Waals surface area contributed by atoms with Crippen LogP contribution in [0.4, 0.5) is 5.69 Å². The van der Waals surface area contributed by atoms with Gasteiger partial charge in [-0.2, -0.15) is 0 Å². The Balaban J connectivity index is 1.44. The summed E-state index contributed by atoms with van der Waals surface area (Å²) in [6.45, 7) is 3.87. The Morgan fingerprint density at radius 1 is 0.944 bits per heavy atom. The minimum absolute atomic E-state index is 0.0322. The van der Waals surface area contributed by atoms with E-state index in [1.807, 2.05) is 53.8 Å². The summed E-state index contributed by atoms with van der Waals surface area (Å²) in [6, 6.07) is 22.1. The SMILES string of the molecule is CC(=O)c1ccc(NC(=O)CSc2nnc3n(Cc4ccc(C)cc4)c(=O)c4ccccc4n23)cc1. The first-order valence-electron chi connectivity index (χ1n) is 11.4. The summed E-state index contributed by atoms with van der Waals surface area (Å²) in [7, 11) is 0. The molecule has 1 N–H and O–H groups in total. The molecule has 36 heavy (non-hydrogen) atoms. The number of carbonyl (C=O) groups is 2. The number of hydrogen-bond donors (Lipinski definition) is 1. The Labute approximate surface area is 211 Å². The lowest BCUT2D eigenvalue weighted by Gasteiger charge is -2.11. The fourth-order valence-electron chi connectivity index (χ4n) is 3.96. The number of rotatable bonds is 7. The van der Waals surface area contributed by atoms with Crippen LogP contribution in [0.3, 0.4) is 0 Å². The molecule has 0 spiro atoms. The molecular weight excluding hydrogens is 474 g/mol. The van der Waals surface area contributed by atoms with Crippen LogP contribution in [0.25, 0.3) is 16.7 Å². The van der Waals surface area contributed by atoms with Crippen molar-refractivity contribution in [3.05, 3.63) is 99.8 Å². The Kier molecular flexibility index (Phi) is 6.39. The maximum atomic E-state index is 13.3. The fourth-order valence-corrected chi connectivity index (χ4v) is 4.70. The van der Waals surface area contributed by atoms with Gasteiger partial charge in [-0.25, -0.2) is 0 Å². The Morgan fingerprint density at radius 3 is 2.39 bits per heavy atom. The third-order valence-corrected chi connectivity index (χ3v) is 6.78. The zero-order valence-corrected chi connectivity index (χ0v) is 20.6. The predicted molar refractivity (Wildman–Crippen MR) is 141 cm³/mol. The van der Waals surface area contributed by atoms with Crippen LogP contribution < -0.4 is 10.9 Å². The summed E-state index contributed by atoms with van der Waals surface area (Å²) in [5.74, 6) is 0.266. The molecule has 180 valence electrons. The van der Waals surface area contributed by atoms with Crippen molar-refractivity contribution in [3.8, 4) is 0 Å². The number of ketones is 1. The molecule has 2 heterocycles. The molecular formula is C27H23N5O3S. The molecule has 1 amide bonds. The fraction of sp³-hybridized carbons (Fsp3) is 0.148. The number of fused-ring (bicyclic) bond motifs is 3. The van der Waals surface area contributed by atoms with Crippen molar-refractivity contribution in [1.82, 2.24) is 19.2 Å². The molecule has 2 aromatic heterocycles. The van der Waals surface area contributed by atoms with Gasteiger partial charge in [0.1, 0.15) is 0 Å². The maximum absolute atomic E-state index is 13.3. The second kappa shape index (κ2) is 9.79. The van der Waals surface area contributed by atoms with Crippen LogP contribution >= 0.6 is 11.8 Å². The number of Topliss-reactive ketones (excluding diaryl/α,β-unsaturated/α-hetero) is 1. The van der Waals surface area contributed by atoms with Crippen LogP contribution in [0, 0.1) is 6.92 Å². The summed E-state index contributed by atoms with van der Waals surface area (Å²) in [5.41, 5.74) is 3.85. The summed E-state index contributed by atoms with van der Waals surface area (Å²) in [5, 5.41) is 12.5. The first kappa shape index (κ1) is 23.5. The van der Waals surface area contributed by atoms with E-state index in [1.165, 1.54) is 18.7 Å². The summed E-state index contributed by atoms with van der Waals surface area (Å²) in [6.07, 6.45) is 0. The van der Waals surface area contributed by atoms with E-state index in [1.54, 1.807) is 34.9 Å². The molecule has 0 radical (unpaired) electrons. The highest BCUT2D eigenvalue weighted by molar-refractivity contribution is 7.99. The first-order chi connectivity index (χ1) is 17.4. The summed E-state index contributed by atoms with van der Waals surface area (Å²) < 4.78 is 3.44. The first-order valence-corrected chi connectivity index (χ1v) is 12.3. The van der Waals surface area contributed by atoms with Crippen molar-refractivity contribution in [2.75, 3.05) is 11.1 Å². The molecule has 0 aliphatic rings. The molecule has 0 atom stereocenters. The molecule has 0 aliphatic carbocycles. The number of benzene rings is 3. The number of thioether (sulfide) groups is 1. The van der Waals surface area contributed by atoms with Crippen molar-refractivity contribution < 1.29 is 9.59 Å². The minimum atomic E-state index is -0.218. The average Bonchev–Trinajstić information content (AvgIpc) is 3.31.